The minimum atomic E-state index is -0.527. The summed E-state index contributed by atoms with van der Waals surface area (Å²) < 4.78 is 4.78. The Balaban J connectivity index is 1.43. The Hall–Kier alpha value is -2.98. The van der Waals surface area contributed by atoms with Gasteiger partial charge in [-0.05, 0) is 36.6 Å². The van der Waals surface area contributed by atoms with E-state index in [2.05, 4.69) is 11.1 Å². The van der Waals surface area contributed by atoms with Crippen LogP contribution in [0.2, 0.25) is 5.28 Å². The topological polar surface area (TPSA) is 95.0 Å². The average molecular weight is 473 g/mol. The van der Waals surface area contributed by atoms with Gasteiger partial charge in [0.1, 0.15) is 6.54 Å². The van der Waals surface area contributed by atoms with Crippen molar-refractivity contribution in [1.29, 1.82) is 0 Å². The highest BCUT2D eigenvalue weighted by molar-refractivity contribution is 7.18. The number of hydrogen-bond donors (Lipinski definition) is 0. The Bertz CT molecular complexity index is 1450. The third-order valence-electron chi connectivity index (χ3n) is 6.03. The molecule has 1 fully saturated rings. The Labute approximate surface area is 191 Å². The number of para-hydroxylation sites is 1. The fourth-order valence-corrected chi connectivity index (χ4v) is 5.59. The molecule has 1 aliphatic heterocycles. The molecule has 4 aromatic rings. The van der Waals surface area contributed by atoms with Crippen molar-refractivity contribution in [2.75, 3.05) is 13.1 Å². The lowest BCUT2D eigenvalue weighted by atomic mass is 9.98. The van der Waals surface area contributed by atoms with Gasteiger partial charge in [0, 0.05) is 33.1 Å². The van der Waals surface area contributed by atoms with Crippen molar-refractivity contribution in [2.45, 2.75) is 25.3 Å². The van der Waals surface area contributed by atoms with E-state index in [0.717, 1.165) is 32.6 Å². The molecule has 1 aromatic carbocycles. The van der Waals surface area contributed by atoms with Crippen molar-refractivity contribution >= 4 is 50.2 Å². The number of amides is 1. The molecular formula is C21H21ClN6O3S. The summed E-state index contributed by atoms with van der Waals surface area (Å²) in [5, 5.41) is 1.05. The van der Waals surface area contributed by atoms with E-state index >= 15 is 0 Å². The van der Waals surface area contributed by atoms with Crippen LogP contribution < -0.4 is 11.2 Å². The number of halogens is 1. The van der Waals surface area contributed by atoms with Crippen molar-refractivity contribution in [1.82, 2.24) is 28.6 Å². The van der Waals surface area contributed by atoms with E-state index in [1.807, 2.05) is 18.2 Å². The van der Waals surface area contributed by atoms with E-state index in [0.29, 0.717) is 13.1 Å². The van der Waals surface area contributed by atoms with Crippen LogP contribution in [-0.2, 0) is 25.4 Å². The van der Waals surface area contributed by atoms with Gasteiger partial charge in [-0.25, -0.2) is 9.78 Å². The van der Waals surface area contributed by atoms with Gasteiger partial charge in [0.05, 0.1) is 15.2 Å². The largest absolute Gasteiger partial charge is 0.340 e. The molecule has 166 valence electrons. The maximum Gasteiger partial charge on any atom is 0.332 e. The third kappa shape index (κ3) is 3.34. The standard InChI is InChI=1S/C21H21ClN6O3S/c1-25-17-16(19(30)26(2)21(25)31)28(20(22)24-17)11-15(29)27-9-5-6-12(10-27)18-23-13-7-3-4-8-14(13)32-18/h3-4,7-8,12H,5-6,9-11H2,1-2H3/t12-/m0/s1. The fraction of sp³-hybridized carbons (Fsp3) is 0.381. The van der Waals surface area contributed by atoms with Gasteiger partial charge < -0.3 is 4.90 Å². The Morgan fingerprint density at radius 3 is 2.75 bits per heavy atom. The van der Waals surface area contributed by atoms with Crippen LogP contribution >= 0.6 is 22.9 Å². The summed E-state index contributed by atoms with van der Waals surface area (Å²) in [7, 11) is 2.91. The van der Waals surface area contributed by atoms with Crippen molar-refractivity contribution in [2.24, 2.45) is 14.1 Å². The van der Waals surface area contributed by atoms with Crippen molar-refractivity contribution in [3.63, 3.8) is 0 Å². The number of fused-ring (bicyclic) bond motifs is 2. The lowest BCUT2D eigenvalue weighted by molar-refractivity contribution is -0.133. The van der Waals surface area contributed by atoms with Crippen LogP contribution in [0.3, 0.4) is 0 Å². The molecule has 0 spiro atoms. The summed E-state index contributed by atoms with van der Waals surface area (Å²) in [6.45, 7) is 1.09. The Morgan fingerprint density at radius 1 is 1.19 bits per heavy atom. The van der Waals surface area contributed by atoms with Gasteiger partial charge in [0.25, 0.3) is 5.56 Å². The lowest BCUT2D eigenvalue weighted by Gasteiger charge is -2.32. The lowest BCUT2D eigenvalue weighted by Crippen LogP contribution is -2.41. The van der Waals surface area contributed by atoms with Gasteiger partial charge in [0.15, 0.2) is 11.2 Å². The predicted octanol–water partition coefficient (Wildman–Crippen LogP) is 2.10. The van der Waals surface area contributed by atoms with Crippen LogP contribution in [0, 0.1) is 0 Å². The first-order chi connectivity index (χ1) is 15.3. The Morgan fingerprint density at radius 2 is 1.97 bits per heavy atom. The van der Waals surface area contributed by atoms with Gasteiger partial charge in [-0.1, -0.05) is 12.1 Å². The Kier molecular flexibility index (Phi) is 5.13. The van der Waals surface area contributed by atoms with E-state index in [1.165, 1.54) is 23.2 Å². The van der Waals surface area contributed by atoms with E-state index < -0.39 is 11.2 Å². The smallest absolute Gasteiger partial charge is 0.332 e. The van der Waals surface area contributed by atoms with Crippen molar-refractivity contribution in [3.05, 3.63) is 55.4 Å². The van der Waals surface area contributed by atoms with Crippen LogP contribution in [0.4, 0.5) is 0 Å². The molecule has 4 heterocycles. The monoisotopic (exact) mass is 472 g/mol. The molecule has 11 heteroatoms. The molecule has 1 atom stereocenters. The number of hydrogen-bond acceptors (Lipinski definition) is 6. The van der Waals surface area contributed by atoms with E-state index in [4.69, 9.17) is 16.6 Å². The maximum atomic E-state index is 13.2. The number of nitrogens with zero attached hydrogens (tertiary/aromatic N) is 6. The first-order valence-electron chi connectivity index (χ1n) is 10.3. The zero-order valence-corrected chi connectivity index (χ0v) is 19.2. The quantitative estimate of drug-likeness (QED) is 0.425. The summed E-state index contributed by atoms with van der Waals surface area (Å²) in [4.78, 5) is 48.8. The molecule has 3 aromatic heterocycles. The van der Waals surface area contributed by atoms with Crippen LogP contribution in [0.5, 0.6) is 0 Å². The molecule has 1 aliphatic rings. The van der Waals surface area contributed by atoms with Gasteiger partial charge in [-0.2, -0.15) is 4.98 Å². The highest BCUT2D eigenvalue weighted by atomic mass is 35.5. The number of thiazole rings is 1. The fourth-order valence-electron chi connectivity index (χ4n) is 4.27. The highest BCUT2D eigenvalue weighted by Gasteiger charge is 2.28. The average Bonchev–Trinajstić information content (AvgIpc) is 3.38. The molecular weight excluding hydrogens is 452 g/mol. The summed E-state index contributed by atoms with van der Waals surface area (Å²) in [6, 6.07) is 8.03. The second kappa shape index (κ2) is 7.86. The zero-order chi connectivity index (χ0) is 22.6. The summed E-state index contributed by atoms with van der Waals surface area (Å²) in [6.07, 6.45) is 1.85. The van der Waals surface area contributed by atoms with Gasteiger partial charge in [-0.3, -0.25) is 23.3 Å². The molecule has 32 heavy (non-hydrogen) atoms. The van der Waals surface area contributed by atoms with E-state index in [9.17, 15) is 14.4 Å². The molecule has 0 unspecified atom stereocenters. The molecule has 0 aliphatic carbocycles. The maximum absolute atomic E-state index is 13.2. The number of likely N-dealkylation sites (tertiary alicyclic amines) is 1. The normalized spacial score (nSPS) is 16.8. The molecule has 1 saturated heterocycles. The third-order valence-corrected chi connectivity index (χ3v) is 7.52. The number of benzene rings is 1. The number of aromatic nitrogens is 5. The summed E-state index contributed by atoms with van der Waals surface area (Å²) in [5.41, 5.74) is 0.273. The molecule has 0 bridgehead atoms. The number of aryl methyl sites for hydroxylation is 1. The number of imidazole rings is 1. The van der Waals surface area contributed by atoms with Crippen LogP contribution in [0.15, 0.2) is 33.9 Å². The second-order valence-electron chi connectivity index (χ2n) is 8.04. The molecule has 0 N–H and O–H groups in total. The van der Waals surface area contributed by atoms with E-state index in [1.54, 1.807) is 16.2 Å². The molecule has 0 saturated carbocycles. The summed E-state index contributed by atoms with van der Waals surface area (Å²) >= 11 is 7.95. The number of carbonyl (C=O) groups is 1. The molecule has 5 rings (SSSR count). The van der Waals surface area contributed by atoms with Crippen LogP contribution in [0.25, 0.3) is 21.4 Å². The predicted molar refractivity (Wildman–Crippen MR) is 123 cm³/mol. The van der Waals surface area contributed by atoms with Gasteiger partial charge in [-0.15, -0.1) is 11.3 Å². The first kappa shape index (κ1) is 20.9. The molecule has 1 amide bonds. The summed E-state index contributed by atoms with van der Waals surface area (Å²) in [5.74, 6) is 0.0294. The zero-order valence-electron chi connectivity index (χ0n) is 17.6. The van der Waals surface area contributed by atoms with Crippen LogP contribution in [-0.4, -0.2) is 47.6 Å². The highest BCUT2D eigenvalue weighted by Crippen LogP contribution is 2.33. The van der Waals surface area contributed by atoms with E-state index in [-0.39, 0.29) is 34.8 Å². The number of carbonyl (C=O) groups excluding carboxylic acids is 1. The number of rotatable bonds is 3. The van der Waals surface area contributed by atoms with Gasteiger partial charge >= 0.3 is 5.69 Å². The second-order valence-corrected chi connectivity index (χ2v) is 9.44. The SMILES string of the molecule is Cn1c(=O)c2c(nc(Cl)n2CC(=O)N2CCC[C@H](c3nc4ccccc4s3)C2)n(C)c1=O. The van der Waals surface area contributed by atoms with Gasteiger partial charge in [0.2, 0.25) is 11.2 Å². The molecule has 0 radical (unpaired) electrons. The number of piperidine rings is 1. The minimum Gasteiger partial charge on any atom is -0.340 e. The minimum absolute atomic E-state index is 0.00591. The van der Waals surface area contributed by atoms with Crippen molar-refractivity contribution in [3.8, 4) is 0 Å². The van der Waals surface area contributed by atoms with Crippen molar-refractivity contribution < 1.29 is 4.79 Å². The first-order valence-corrected chi connectivity index (χ1v) is 11.5. The molecule has 9 nitrogen and oxygen atoms in total. The van der Waals surface area contributed by atoms with Crippen LogP contribution in [0.1, 0.15) is 23.8 Å².